The molecule has 0 bridgehead atoms. The summed E-state index contributed by atoms with van der Waals surface area (Å²) in [5.41, 5.74) is 4.59. The number of aryl methyl sites for hydroxylation is 2. The zero-order chi connectivity index (χ0) is 27.5. The molecule has 0 fully saturated rings. The lowest BCUT2D eigenvalue weighted by Gasteiger charge is -2.29. The van der Waals surface area contributed by atoms with Gasteiger partial charge in [-0.15, -0.1) is 0 Å². The average molecular weight is 543 g/mol. The highest BCUT2D eigenvalue weighted by molar-refractivity contribution is 5.51. The summed E-state index contributed by atoms with van der Waals surface area (Å²) in [6.45, 7) is 11.5. The molecule has 2 aromatic rings. The molecule has 0 radical (unpaired) electrons. The summed E-state index contributed by atoms with van der Waals surface area (Å²) >= 11 is 0. The molecule has 2 aliphatic rings. The Labute approximate surface area is 234 Å². The number of unbranched alkanes of at least 4 members (excludes halogenated alkanes) is 2. The second-order valence-electron chi connectivity index (χ2n) is 10.3. The van der Waals surface area contributed by atoms with Crippen molar-refractivity contribution in [1.29, 1.82) is 0 Å². The van der Waals surface area contributed by atoms with Gasteiger partial charge in [-0.25, -0.2) is 0 Å². The van der Waals surface area contributed by atoms with E-state index in [2.05, 4.69) is 52.0 Å². The minimum Gasteiger partial charge on any atom is -0.454 e. The summed E-state index contributed by atoms with van der Waals surface area (Å²) in [4.78, 5) is 0. The van der Waals surface area contributed by atoms with Crippen molar-refractivity contribution in [2.45, 2.75) is 91.3 Å². The van der Waals surface area contributed by atoms with Gasteiger partial charge in [0.15, 0.2) is 23.0 Å². The van der Waals surface area contributed by atoms with Crippen LogP contribution in [0.3, 0.4) is 0 Å². The molecule has 2 aromatic carbocycles. The van der Waals surface area contributed by atoms with E-state index >= 15 is 0 Å². The smallest absolute Gasteiger partial charge is 0.231 e. The summed E-state index contributed by atoms with van der Waals surface area (Å²) in [5.74, 6) is 3.12. The lowest BCUT2D eigenvalue weighted by molar-refractivity contribution is -0.0906. The van der Waals surface area contributed by atoms with Crippen molar-refractivity contribution in [2.75, 3.05) is 40.0 Å². The minimum absolute atomic E-state index is 0.244. The van der Waals surface area contributed by atoms with Crippen LogP contribution in [0.25, 0.3) is 0 Å². The maximum absolute atomic E-state index is 7.03. The SMILES string of the molecule is CCCCOCC(OC(COCCCC)c1cc2c(cc1CCC)OCO2)c1cc2c(cc1CCC)OCO2. The van der Waals surface area contributed by atoms with Crippen molar-refractivity contribution in [2.24, 2.45) is 0 Å². The number of fused-ring (bicyclic) bond motifs is 2. The van der Waals surface area contributed by atoms with Crippen molar-refractivity contribution >= 4 is 0 Å². The predicted molar refractivity (Wildman–Crippen MR) is 151 cm³/mol. The monoisotopic (exact) mass is 542 g/mol. The number of ether oxygens (including phenoxy) is 7. The molecule has 2 heterocycles. The van der Waals surface area contributed by atoms with E-state index in [1.807, 2.05) is 0 Å². The lowest BCUT2D eigenvalue weighted by Crippen LogP contribution is -2.22. The number of hydrogen-bond donors (Lipinski definition) is 0. The van der Waals surface area contributed by atoms with Gasteiger partial charge in [-0.3, -0.25) is 0 Å². The lowest BCUT2D eigenvalue weighted by atomic mass is 9.96. The zero-order valence-electron chi connectivity index (χ0n) is 24.2. The first-order valence-electron chi connectivity index (χ1n) is 14.8. The molecule has 2 atom stereocenters. The summed E-state index contributed by atoms with van der Waals surface area (Å²) < 4.78 is 42.4. The number of hydrogen-bond acceptors (Lipinski definition) is 7. The predicted octanol–water partition coefficient (Wildman–Crippen LogP) is 7.48. The van der Waals surface area contributed by atoms with Gasteiger partial charge in [0.2, 0.25) is 13.6 Å². The Balaban J connectivity index is 1.69. The maximum atomic E-state index is 7.03. The van der Waals surface area contributed by atoms with Crippen LogP contribution in [-0.4, -0.2) is 40.0 Å². The Morgan fingerprint density at radius 1 is 0.590 bits per heavy atom. The first-order valence-corrected chi connectivity index (χ1v) is 14.8. The summed E-state index contributed by atoms with van der Waals surface area (Å²) in [5, 5.41) is 0. The van der Waals surface area contributed by atoms with Crippen LogP contribution in [0.2, 0.25) is 0 Å². The van der Waals surface area contributed by atoms with Crippen LogP contribution >= 0.6 is 0 Å². The second kappa shape index (κ2) is 15.3. The van der Waals surface area contributed by atoms with Crippen LogP contribution in [0.4, 0.5) is 0 Å². The minimum atomic E-state index is -0.294. The van der Waals surface area contributed by atoms with E-state index in [0.29, 0.717) is 26.4 Å². The van der Waals surface area contributed by atoms with E-state index < -0.39 is 0 Å². The van der Waals surface area contributed by atoms with Crippen LogP contribution in [0.5, 0.6) is 23.0 Å². The van der Waals surface area contributed by atoms with Gasteiger partial charge in [-0.2, -0.15) is 0 Å². The highest BCUT2D eigenvalue weighted by atomic mass is 16.7. The highest BCUT2D eigenvalue weighted by Gasteiger charge is 2.29. The Morgan fingerprint density at radius 3 is 1.38 bits per heavy atom. The Kier molecular flexibility index (Phi) is 11.6. The van der Waals surface area contributed by atoms with Gasteiger partial charge in [-0.05, 0) is 72.2 Å². The van der Waals surface area contributed by atoms with Gasteiger partial charge >= 0.3 is 0 Å². The fraction of sp³-hybridized carbons (Fsp3) is 0.625. The van der Waals surface area contributed by atoms with Crippen LogP contribution in [0, 0.1) is 0 Å². The summed E-state index contributed by atoms with van der Waals surface area (Å²) in [7, 11) is 0. The first-order chi connectivity index (χ1) is 19.2. The van der Waals surface area contributed by atoms with Gasteiger partial charge < -0.3 is 33.2 Å². The molecule has 0 aliphatic carbocycles. The van der Waals surface area contributed by atoms with E-state index in [-0.39, 0.29) is 25.8 Å². The van der Waals surface area contributed by atoms with E-state index in [1.165, 1.54) is 11.1 Å². The molecule has 4 rings (SSSR count). The van der Waals surface area contributed by atoms with Crippen LogP contribution in [0.15, 0.2) is 24.3 Å². The molecule has 0 saturated heterocycles. The molecule has 7 heteroatoms. The Hall–Kier alpha value is -2.48. The fourth-order valence-corrected chi connectivity index (χ4v) is 5.05. The Bertz CT molecular complexity index is 956. The molecule has 2 aliphatic heterocycles. The van der Waals surface area contributed by atoms with Crippen LogP contribution < -0.4 is 18.9 Å². The van der Waals surface area contributed by atoms with Crippen molar-refractivity contribution < 1.29 is 33.2 Å². The molecule has 0 aromatic heterocycles. The molecular formula is C32H46O7. The third-order valence-electron chi connectivity index (χ3n) is 7.15. The average Bonchev–Trinajstić information content (AvgIpc) is 3.60. The third-order valence-corrected chi connectivity index (χ3v) is 7.15. The molecule has 2 unspecified atom stereocenters. The molecule has 0 amide bonds. The van der Waals surface area contributed by atoms with Crippen molar-refractivity contribution in [3.8, 4) is 23.0 Å². The highest BCUT2D eigenvalue weighted by Crippen LogP contribution is 2.42. The van der Waals surface area contributed by atoms with Gasteiger partial charge in [0, 0.05) is 13.2 Å². The van der Waals surface area contributed by atoms with E-state index in [4.69, 9.17) is 33.2 Å². The summed E-state index contributed by atoms with van der Waals surface area (Å²) in [6, 6.07) is 8.39. The zero-order valence-corrected chi connectivity index (χ0v) is 24.2. The Morgan fingerprint density at radius 2 is 1.00 bits per heavy atom. The number of benzene rings is 2. The second-order valence-corrected chi connectivity index (χ2v) is 10.3. The van der Waals surface area contributed by atoms with Crippen molar-refractivity contribution in [1.82, 2.24) is 0 Å². The molecule has 39 heavy (non-hydrogen) atoms. The van der Waals surface area contributed by atoms with Gasteiger partial charge in [0.25, 0.3) is 0 Å². The first kappa shape index (κ1) is 29.5. The van der Waals surface area contributed by atoms with Crippen LogP contribution in [-0.2, 0) is 27.1 Å². The van der Waals surface area contributed by atoms with Gasteiger partial charge in [0.1, 0.15) is 12.2 Å². The standard InChI is InChI=1S/C32H46O7/c1-5-9-13-33-19-31(25-17-29-27(35-21-37-29)15-23(25)11-7-3)39-32(20-34-14-10-6-2)26-18-30-28(36-22-38-30)16-24(26)12-8-4/h15-18,31-32H,5-14,19-22H2,1-4H3. The van der Waals surface area contributed by atoms with Gasteiger partial charge in [0.05, 0.1) is 13.2 Å². The molecular weight excluding hydrogens is 496 g/mol. The van der Waals surface area contributed by atoms with Gasteiger partial charge in [-0.1, -0.05) is 53.4 Å². The molecule has 0 saturated carbocycles. The molecule has 0 spiro atoms. The van der Waals surface area contributed by atoms with E-state index in [1.54, 1.807) is 0 Å². The maximum Gasteiger partial charge on any atom is 0.231 e. The largest absolute Gasteiger partial charge is 0.454 e. The molecule has 0 N–H and O–H groups in total. The third kappa shape index (κ3) is 7.80. The fourth-order valence-electron chi connectivity index (χ4n) is 5.05. The summed E-state index contributed by atoms with van der Waals surface area (Å²) in [6.07, 6.45) is 7.49. The van der Waals surface area contributed by atoms with Crippen molar-refractivity contribution in [3.63, 3.8) is 0 Å². The molecule has 7 nitrogen and oxygen atoms in total. The van der Waals surface area contributed by atoms with Crippen LogP contribution in [0.1, 0.15) is 101 Å². The van der Waals surface area contributed by atoms with E-state index in [9.17, 15) is 0 Å². The topological polar surface area (TPSA) is 64.6 Å². The van der Waals surface area contributed by atoms with Crippen molar-refractivity contribution in [3.05, 3.63) is 46.5 Å². The molecule has 216 valence electrons. The number of rotatable bonds is 18. The quantitative estimate of drug-likeness (QED) is 0.181. The van der Waals surface area contributed by atoms with E-state index in [0.717, 1.165) is 85.5 Å². The normalized spacial score (nSPS) is 15.1.